The minimum absolute atomic E-state index is 0.178. The maximum absolute atomic E-state index is 12.7. The third kappa shape index (κ3) is 2.07. The minimum Gasteiger partial charge on any atom is -0.255 e. The Morgan fingerprint density at radius 1 is 1.50 bits per heavy atom. The number of rotatable bonds is 5. The van der Waals surface area contributed by atoms with Crippen LogP contribution in [0.1, 0.15) is 31.4 Å². The number of hydrogen-bond donors (Lipinski definition) is 1. The summed E-state index contributed by atoms with van der Waals surface area (Å²) in [6, 6.07) is 1.66. The van der Waals surface area contributed by atoms with E-state index in [-0.39, 0.29) is 17.5 Å². The van der Waals surface area contributed by atoms with E-state index in [4.69, 9.17) is 0 Å². The van der Waals surface area contributed by atoms with Crippen LogP contribution in [0.25, 0.3) is 0 Å². The van der Waals surface area contributed by atoms with E-state index < -0.39 is 10.0 Å². The zero-order valence-electron chi connectivity index (χ0n) is 11.3. The summed E-state index contributed by atoms with van der Waals surface area (Å²) >= 11 is 0. The van der Waals surface area contributed by atoms with Crippen LogP contribution in [-0.2, 0) is 17.1 Å². The van der Waals surface area contributed by atoms with Crippen molar-refractivity contribution < 1.29 is 8.42 Å². The predicted molar refractivity (Wildman–Crippen MR) is 71.8 cm³/mol. The van der Waals surface area contributed by atoms with Gasteiger partial charge in [0.1, 0.15) is 6.33 Å². The van der Waals surface area contributed by atoms with Gasteiger partial charge in [0.05, 0.1) is 5.69 Å². The second-order valence-electron chi connectivity index (χ2n) is 4.78. The first-order valence-corrected chi connectivity index (χ1v) is 7.90. The van der Waals surface area contributed by atoms with E-state index in [0.717, 1.165) is 18.5 Å². The molecule has 8 nitrogen and oxygen atoms in total. The molecule has 1 N–H and O–H groups in total. The number of anilines is 1. The SMILES string of the molecule is CCN(c1ncn[nH]1)S(=O)(=O)c1cc(C2CC2)nn1C. The third-order valence-corrected chi connectivity index (χ3v) is 5.25. The number of aryl methyl sites for hydroxylation is 1. The summed E-state index contributed by atoms with van der Waals surface area (Å²) in [4.78, 5) is 3.91. The minimum atomic E-state index is -3.69. The molecule has 0 radical (unpaired) electrons. The number of nitrogens with one attached hydrogen (secondary N) is 1. The van der Waals surface area contributed by atoms with Crippen molar-refractivity contribution in [3.8, 4) is 0 Å². The zero-order valence-corrected chi connectivity index (χ0v) is 12.1. The van der Waals surface area contributed by atoms with Gasteiger partial charge in [-0.2, -0.15) is 23.6 Å². The molecule has 2 aromatic heterocycles. The summed E-state index contributed by atoms with van der Waals surface area (Å²) in [5.41, 5.74) is 0.847. The molecule has 108 valence electrons. The van der Waals surface area contributed by atoms with Crippen LogP contribution in [0.5, 0.6) is 0 Å². The lowest BCUT2D eigenvalue weighted by Crippen LogP contribution is -2.33. The summed E-state index contributed by atoms with van der Waals surface area (Å²) in [5, 5.41) is 10.8. The normalized spacial score (nSPS) is 15.5. The standard InChI is InChI=1S/C11H16N6O2S/c1-3-17(11-12-7-13-14-11)20(18,19)10-6-9(8-4-5-8)15-16(10)2/h6-8H,3-5H2,1-2H3,(H,12,13,14). The van der Waals surface area contributed by atoms with Gasteiger partial charge in [0.15, 0.2) is 5.03 Å². The molecule has 1 aliphatic carbocycles. The number of aromatic amines is 1. The molecular weight excluding hydrogens is 280 g/mol. The molecule has 3 rings (SSSR count). The Morgan fingerprint density at radius 3 is 2.80 bits per heavy atom. The molecule has 1 aliphatic rings. The highest BCUT2D eigenvalue weighted by atomic mass is 32.2. The Bertz CT molecular complexity index is 701. The maximum atomic E-state index is 12.7. The predicted octanol–water partition coefficient (Wildman–Crippen LogP) is 0.631. The Labute approximate surface area is 116 Å². The average molecular weight is 296 g/mol. The zero-order chi connectivity index (χ0) is 14.3. The summed E-state index contributed by atoms with van der Waals surface area (Å²) in [6.45, 7) is 2.01. The first kappa shape index (κ1) is 13.1. The van der Waals surface area contributed by atoms with Gasteiger partial charge in [0.25, 0.3) is 10.0 Å². The van der Waals surface area contributed by atoms with E-state index in [1.807, 2.05) is 0 Å². The highest BCUT2D eigenvalue weighted by Crippen LogP contribution is 2.40. The molecule has 2 heterocycles. The maximum Gasteiger partial charge on any atom is 0.283 e. The van der Waals surface area contributed by atoms with Crippen LogP contribution < -0.4 is 4.31 Å². The van der Waals surface area contributed by atoms with Gasteiger partial charge in [0, 0.05) is 25.6 Å². The summed E-state index contributed by atoms with van der Waals surface area (Å²) < 4.78 is 28.0. The molecule has 0 bridgehead atoms. The topological polar surface area (TPSA) is 96.8 Å². The Morgan fingerprint density at radius 2 is 2.25 bits per heavy atom. The molecule has 1 saturated carbocycles. The van der Waals surface area contributed by atoms with Gasteiger partial charge in [-0.15, -0.1) is 0 Å². The molecule has 0 spiro atoms. The summed E-state index contributed by atoms with van der Waals surface area (Å²) in [5.74, 6) is 0.618. The highest BCUT2D eigenvalue weighted by Gasteiger charge is 2.33. The first-order valence-electron chi connectivity index (χ1n) is 6.46. The number of nitrogens with zero attached hydrogens (tertiary/aromatic N) is 5. The van der Waals surface area contributed by atoms with Crippen LogP contribution in [0.2, 0.25) is 0 Å². The molecule has 0 unspecified atom stereocenters. The van der Waals surface area contributed by atoms with E-state index in [0.29, 0.717) is 5.92 Å². The monoisotopic (exact) mass is 296 g/mol. The van der Waals surface area contributed by atoms with Crippen molar-refractivity contribution in [1.82, 2.24) is 25.0 Å². The van der Waals surface area contributed by atoms with E-state index in [1.54, 1.807) is 20.0 Å². The molecule has 0 saturated heterocycles. The number of H-pyrrole nitrogens is 1. The van der Waals surface area contributed by atoms with Crippen molar-refractivity contribution in [2.75, 3.05) is 10.8 Å². The van der Waals surface area contributed by atoms with Crippen LogP contribution in [0, 0.1) is 0 Å². The number of aromatic nitrogens is 5. The molecular formula is C11H16N6O2S. The second kappa shape index (κ2) is 4.58. The fourth-order valence-electron chi connectivity index (χ4n) is 2.16. The number of sulfonamides is 1. The van der Waals surface area contributed by atoms with Gasteiger partial charge in [-0.1, -0.05) is 0 Å². The quantitative estimate of drug-likeness (QED) is 0.873. The van der Waals surface area contributed by atoms with Gasteiger partial charge >= 0.3 is 0 Å². The van der Waals surface area contributed by atoms with Crippen LogP contribution in [0.4, 0.5) is 5.95 Å². The molecule has 1 fully saturated rings. The lowest BCUT2D eigenvalue weighted by molar-refractivity contribution is 0.571. The van der Waals surface area contributed by atoms with E-state index >= 15 is 0 Å². The van der Waals surface area contributed by atoms with Crippen molar-refractivity contribution in [2.45, 2.75) is 30.7 Å². The van der Waals surface area contributed by atoms with Crippen LogP contribution >= 0.6 is 0 Å². The van der Waals surface area contributed by atoms with Gasteiger partial charge in [-0.05, 0) is 19.8 Å². The molecule has 2 aromatic rings. The fraction of sp³-hybridized carbons (Fsp3) is 0.545. The average Bonchev–Trinajstić information content (AvgIpc) is 2.96. The van der Waals surface area contributed by atoms with Crippen molar-refractivity contribution in [3.05, 3.63) is 18.1 Å². The van der Waals surface area contributed by atoms with Gasteiger partial charge < -0.3 is 0 Å². The Kier molecular flexibility index (Phi) is 3.00. The fourth-order valence-corrected chi connectivity index (χ4v) is 3.68. The van der Waals surface area contributed by atoms with Crippen LogP contribution in [0.15, 0.2) is 17.4 Å². The van der Waals surface area contributed by atoms with Crippen molar-refractivity contribution >= 4 is 16.0 Å². The molecule has 0 aromatic carbocycles. The van der Waals surface area contributed by atoms with E-state index in [1.165, 1.54) is 15.3 Å². The summed E-state index contributed by atoms with van der Waals surface area (Å²) in [6.07, 6.45) is 3.44. The smallest absolute Gasteiger partial charge is 0.255 e. The van der Waals surface area contributed by atoms with E-state index in [2.05, 4.69) is 20.3 Å². The van der Waals surface area contributed by atoms with Crippen LogP contribution in [0.3, 0.4) is 0 Å². The molecule has 20 heavy (non-hydrogen) atoms. The van der Waals surface area contributed by atoms with Crippen molar-refractivity contribution in [3.63, 3.8) is 0 Å². The van der Waals surface area contributed by atoms with Gasteiger partial charge in [0.2, 0.25) is 5.95 Å². The Balaban J connectivity index is 2.02. The van der Waals surface area contributed by atoms with Crippen molar-refractivity contribution in [1.29, 1.82) is 0 Å². The lowest BCUT2D eigenvalue weighted by Gasteiger charge is -2.18. The molecule has 0 aliphatic heterocycles. The Hall–Kier alpha value is -1.90. The van der Waals surface area contributed by atoms with Crippen molar-refractivity contribution in [2.24, 2.45) is 7.05 Å². The highest BCUT2D eigenvalue weighted by molar-refractivity contribution is 7.92. The first-order chi connectivity index (χ1) is 9.54. The third-order valence-electron chi connectivity index (χ3n) is 3.33. The van der Waals surface area contributed by atoms with Gasteiger partial charge in [-0.25, -0.2) is 9.40 Å². The lowest BCUT2D eigenvalue weighted by atomic mass is 10.3. The van der Waals surface area contributed by atoms with Gasteiger partial charge in [-0.3, -0.25) is 4.68 Å². The largest absolute Gasteiger partial charge is 0.283 e. The molecule has 9 heteroatoms. The molecule has 0 amide bonds. The van der Waals surface area contributed by atoms with Crippen LogP contribution in [-0.4, -0.2) is 39.9 Å². The summed E-state index contributed by atoms with van der Waals surface area (Å²) in [7, 11) is -2.04. The van der Waals surface area contributed by atoms with E-state index in [9.17, 15) is 8.42 Å². The molecule has 0 atom stereocenters. The second-order valence-corrected chi connectivity index (χ2v) is 6.59. The number of hydrogen-bond acceptors (Lipinski definition) is 5.